The minimum atomic E-state index is -1.37. The molecule has 1 aromatic carbocycles. The molecule has 1 aromatic rings. The lowest BCUT2D eigenvalue weighted by Gasteiger charge is -2.09. The van der Waals surface area contributed by atoms with Crippen molar-refractivity contribution >= 4 is 41.2 Å². The maximum absolute atomic E-state index is 11.1. The first-order chi connectivity index (χ1) is 7.90. The zero-order chi connectivity index (χ0) is 13.2. The van der Waals surface area contributed by atoms with Crippen LogP contribution in [0, 0.1) is 0 Å². The van der Waals surface area contributed by atoms with E-state index in [-0.39, 0.29) is 26.7 Å². The molecular weight excluding hydrogens is 267 g/mol. The number of carboxylic acids is 2. The summed E-state index contributed by atoms with van der Waals surface area (Å²) in [7, 11) is 0. The molecule has 2 N–H and O–H groups in total. The molecule has 0 saturated carbocycles. The monoisotopic (exact) mass is 274 g/mol. The number of hydrogen-bond acceptors (Lipinski definition) is 2. The second-order valence-electron chi connectivity index (χ2n) is 3.12. The zero-order valence-electron chi connectivity index (χ0n) is 8.70. The fourth-order valence-corrected chi connectivity index (χ4v) is 1.79. The van der Waals surface area contributed by atoms with Gasteiger partial charge in [-0.05, 0) is 13.0 Å². The first-order valence-electron chi connectivity index (χ1n) is 4.51. The molecular formula is C11H8Cl2O4. The van der Waals surface area contributed by atoms with E-state index in [2.05, 4.69) is 0 Å². The SMILES string of the molecule is CC=Cc1c(Cl)c(Cl)cc(C(=O)O)c1C(=O)O. The second kappa shape index (κ2) is 5.21. The number of rotatable bonds is 3. The van der Waals surface area contributed by atoms with Gasteiger partial charge in [-0.25, -0.2) is 9.59 Å². The van der Waals surface area contributed by atoms with Gasteiger partial charge in [-0.15, -0.1) is 0 Å². The predicted molar refractivity (Wildman–Crippen MR) is 65.1 cm³/mol. The smallest absolute Gasteiger partial charge is 0.337 e. The zero-order valence-corrected chi connectivity index (χ0v) is 10.2. The Morgan fingerprint density at radius 3 is 2.24 bits per heavy atom. The lowest BCUT2D eigenvalue weighted by molar-refractivity contribution is 0.0651. The van der Waals surface area contributed by atoms with Crippen LogP contribution in [0.2, 0.25) is 10.0 Å². The van der Waals surface area contributed by atoms with E-state index in [1.165, 1.54) is 6.08 Å². The van der Waals surface area contributed by atoms with Crippen molar-refractivity contribution in [3.8, 4) is 0 Å². The van der Waals surface area contributed by atoms with Crippen molar-refractivity contribution in [2.75, 3.05) is 0 Å². The summed E-state index contributed by atoms with van der Waals surface area (Å²) in [5.74, 6) is -2.74. The maximum atomic E-state index is 11.1. The van der Waals surface area contributed by atoms with Gasteiger partial charge in [0.1, 0.15) is 0 Å². The Hall–Kier alpha value is -1.52. The normalized spacial score (nSPS) is 10.8. The van der Waals surface area contributed by atoms with Crippen molar-refractivity contribution in [1.82, 2.24) is 0 Å². The summed E-state index contributed by atoms with van der Waals surface area (Å²) in [5.41, 5.74) is -0.670. The van der Waals surface area contributed by atoms with Crippen LogP contribution in [-0.4, -0.2) is 22.2 Å². The molecule has 17 heavy (non-hydrogen) atoms. The Labute approximate surface area is 107 Å². The summed E-state index contributed by atoms with van der Waals surface area (Å²) in [4.78, 5) is 22.0. The largest absolute Gasteiger partial charge is 0.478 e. The lowest BCUT2D eigenvalue weighted by atomic mass is 10.0. The third-order valence-corrected chi connectivity index (χ3v) is 2.84. The molecule has 4 nitrogen and oxygen atoms in total. The Balaban J connectivity index is 3.76. The number of aromatic carboxylic acids is 2. The number of halogens is 2. The number of benzene rings is 1. The van der Waals surface area contributed by atoms with E-state index in [0.29, 0.717) is 0 Å². The third-order valence-electron chi connectivity index (χ3n) is 2.03. The van der Waals surface area contributed by atoms with Gasteiger partial charge in [0.05, 0.1) is 21.2 Å². The quantitative estimate of drug-likeness (QED) is 0.886. The molecule has 0 bridgehead atoms. The molecule has 0 atom stereocenters. The van der Waals surface area contributed by atoms with Crippen LogP contribution < -0.4 is 0 Å². The molecule has 0 spiro atoms. The molecule has 0 aromatic heterocycles. The summed E-state index contributed by atoms with van der Waals surface area (Å²) >= 11 is 11.6. The van der Waals surface area contributed by atoms with E-state index in [1.54, 1.807) is 13.0 Å². The van der Waals surface area contributed by atoms with Crippen LogP contribution in [-0.2, 0) is 0 Å². The maximum Gasteiger partial charge on any atom is 0.337 e. The summed E-state index contributed by atoms with van der Waals surface area (Å²) in [6.45, 7) is 1.66. The average molecular weight is 275 g/mol. The van der Waals surface area contributed by atoms with Crippen molar-refractivity contribution in [2.24, 2.45) is 0 Å². The van der Waals surface area contributed by atoms with Gasteiger partial charge >= 0.3 is 11.9 Å². The third kappa shape index (κ3) is 2.60. The highest BCUT2D eigenvalue weighted by molar-refractivity contribution is 6.43. The molecule has 1 rings (SSSR count). The molecule has 0 fully saturated rings. The molecule has 0 radical (unpaired) electrons. The average Bonchev–Trinajstić information content (AvgIpc) is 2.23. The van der Waals surface area contributed by atoms with Crippen molar-refractivity contribution < 1.29 is 19.8 Å². The van der Waals surface area contributed by atoms with E-state index >= 15 is 0 Å². The van der Waals surface area contributed by atoms with Crippen molar-refractivity contribution in [1.29, 1.82) is 0 Å². The molecule has 0 aliphatic heterocycles. The Morgan fingerprint density at radius 1 is 1.24 bits per heavy atom. The molecule has 90 valence electrons. The minimum absolute atomic E-state index is 0.00201. The Bertz CT molecular complexity index is 521. The first kappa shape index (κ1) is 13.5. The number of allylic oxidation sites excluding steroid dienone is 1. The number of carbonyl (C=O) groups is 2. The highest BCUT2D eigenvalue weighted by atomic mass is 35.5. The summed E-state index contributed by atoms with van der Waals surface area (Å²) in [6.07, 6.45) is 2.96. The van der Waals surface area contributed by atoms with Crippen LogP contribution in [0.15, 0.2) is 12.1 Å². The van der Waals surface area contributed by atoms with Crippen molar-refractivity contribution in [2.45, 2.75) is 6.92 Å². The molecule has 0 unspecified atom stereocenters. The summed E-state index contributed by atoms with van der Waals surface area (Å²) in [5, 5.41) is 18.0. The number of carboxylic acid groups (broad SMARTS) is 2. The van der Waals surface area contributed by atoms with Crippen molar-refractivity contribution in [3.05, 3.63) is 38.9 Å². The standard InChI is InChI=1S/C11H8Cl2O4/c1-2-3-5-8(11(16)17)6(10(14)15)4-7(12)9(5)13/h2-4H,1H3,(H,14,15)(H,16,17). The van der Waals surface area contributed by atoms with E-state index < -0.39 is 11.9 Å². The van der Waals surface area contributed by atoms with Gasteiger partial charge in [-0.3, -0.25) is 0 Å². The Morgan fingerprint density at radius 2 is 1.82 bits per heavy atom. The minimum Gasteiger partial charge on any atom is -0.478 e. The van der Waals surface area contributed by atoms with Crippen molar-refractivity contribution in [3.63, 3.8) is 0 Å². The van der Waals surface area contributed by atoms with Crippen LogP contribution >= 0.6 is 23.2 Å². The fourth-order valence-electron chi connectivity index (χ4n) is 1.37. The van der Waals surface area contributed by atoms with E-state index in [0.717, 1.165) is 6.07 Å². The highest BCUT2D eigenvalue weighted by Crippen LogP contribution is 2.32. The number of hydrogen-bond donors (Lipinski definition) is 2. The van der Waals surface area contributed by atoms with E-state index in [4.69, 9.17) is 33.4 Å². The van der Waals surface area contributed by atoms with Gasteiger partial charge in [-0.1, -0.05) is 35.4 Å². The molecule has 0 aliphatic carbocycles. The molecule has 0 heterocycles. The van der Waals surface area contributed by atoms with Gasteiger partial charge in [0.25, 0.3) is 0 Å². The van der Waals surface area contributed by atoms with Crippen LogP contribution in [0.4, 0.5) is 0 Å². The van der Waals surface area contributed by atoms with Crippen LogP contribution in [0.5, 0.6) is 0 Å². The summed E-state index contributed by atoms with van der Waals surface area (Å²) < 4.78 is 0. The van der Waals surface area contributed by atoms with Crippen LogP contribution in [0.3, 0.4) is 0 Å². The Kier molecular flexibility index (Phi) is 4.15. The molecule has 0 saturated heterocycles. The van der Waals surface area contributed by atoms with Gasteiger partial charge < -0.3 is 10.2 Å². The predicted octanol–water partition coefficient (Wildman–Crippen LogP) is 3.42. The molecule has 6 heteroatoms. The van der Waals surface area contributed by atoms with Crippen LogP contribution in [0.1, 0.15) is 33.2 Å². The molecule has 0 amide bonds. The summed E-state index contributed by atoms with van der Waals surface area (Å²) in [6, 6.07) is 1.03. The van der Waals surface area contributed by atoms with Gasteiger partial charge in [0, 0.05) is 5.56 Å². The second-order valence-corrected chi connectivity index (χ2v) is 3.90. The van der Waals surface area contributed by atoms with Crippen LogP contribution in [0.25, 0.3) is 6.08 Å². The van der Waals surface area contributed by atoms with Gasteiger partial charge in [-0.2, -0.15) is 0 Å². The fraction of sp³-hybridized carbons (Fsp3) is 0.0909. The van der Waals surface area contributed by atoms with Gasteiger partial charge in [0.2, 0.25) is 0 Å². The molecule has 0 aliphatic rings. The lowest BCUT2D eigenvalue weighted by Crippen LogP contribution is -2.10. The highest BCUT2D eigenvalue weighted by Gasteiger charge is 2.23. The van der Waals surface area contributed by atoms with E-state index in [1.807, 2.05) is 0 Å². The first-order valence-corrected chi connectivity index (χ1v) is 5.27. The van der Waals surface area contributed by atoms with Gasteiger partial charge in [0.15, 0.2) is 0 Å². The topological polar surface area (TPSA) is 74.6 Å². The van der Waals surface area contributed by atoms with E-state index in [9.17, 15) is 9.59 Å².